The van der Waals surface area contributed by atoms with Crippen LogP contribution in [-0.4, -0.2) is 54.2 Å². The molecule has 2 saturated heterocycles. The summed E-state index contributed by atoms with van der Waals surface area (Å²) in [6.45, 7) is 5.54. The third kappa shape index (κ3) is 4.30. The molecule has 2 rings (SSSR count). The standard InChI is InChI=1S/C13H25NO3S/c1-2-14-13(11-5-7-16-8-11)10-18(15)9-12-4-3-6-17-12/h11-14H,2-10H2,1H3. The fraction of sp³-hybridized carbons (Fsp3) is 1.00. The van der Waals surface area contributed by atoms with Gasteiger partial charge in [0.25, 0.3) is 0 Å². The van der Waals surface area contributed by atoms with Crippen LogP contribution in [0.15, 0.2) is 0 Å². The third-order valence-electron chi connectivity index (χ3n) is 3.76. The van der Waals surface area contributed by atoms with Gasteiger partial charge in [0.2, 0.25) is 0 Å². The highest BCUT2D eigenvalue weighted by molar-refractivity contribution is 7.85. The van der Waals surface area contributed by atoms with Gasteiger partial charge in [-0.05, 0) is 25.8 Å². The van der Waals surface area contributed by atoms with Gasteiger partial charge < -0.3 is 14.8 Å². The molecule has 106 valence electrons. The molecule has 0 radical (unpaired) electrons. The largest absolute Gasteiger partial charge is 0.381 e. The summed E-state index contributed by atoms with van der Waals surface area (Å²) in [7, 11) is -0.780. The molecule has 2 aliphatic heterocycles. The van der Waals surface area contributed by atoms with E-state index in [1.54, 1.807) is 0 Å². The minimum atomic E-state index is -0.780. The normalized spacial score (nSPS) is 31.6. The number of ether oxygens (including phenoxy) is 2. The van der Waals surface area contributed by atoms with E-state index in [9.17, 15) is 4.21 Å². The van der Waals surface area contributed by atoms with Gasteiger partial charge in [-0.2, -0.15) is 0 Å². The molecule has 0 saturated carbocycles. The topological polar surface area (TPSA) is 47.6 Å². The summed E-state index contributed by atoms with van der Waals surface area (Å²) in [5.41, 5.74) is 0. The van der Waals surface area contributed by atoms with Crippen molar-refractivity contribution in [3.63, 3.8) is 0 Å². The van der Waals surface area contributed by atoms with Gasteiger partial charge in [-0.25, -0.2) is 0 Å². The average Bonchev–Trinajstić information content (AvgIpc) is 3.00. The van der Waals surface area contributed by atoms with E-state index in [0.29, 0.717) is 17.7 Å². The highest BCUT2D eigenvalue weighted by Gasteiger charge is 2.27. The number of nitrogens with one attached hydrogen (secondary N) is 1. The maximum absolute atomic E-state index is 12.2. The molecule has 2 heterocycles. The molecular weight excluding hydrogens is 250 g/mol. The molecule has 4 unspecified atom stereocenters. The van der Waals surface area contributed by atoms with Crippen LogP contribution in [0.25, 0.3) is 0 Å². The highest BCUT2D eigenvalue weighted by atomic mass is 32.2. The molecule has 0 aliphatic carbocycles. The maximum atomic E-state index is 12.2. The zero-order valence-corrected chi connectivity index (χ0v) is 12.0. The van der Waals surface area contributed by atoms with E-state index >= 15 is 0 Å². The Balaban J connectivity index is 1.77. The van der Waals surface area contributed by atoms with Crippen LogP contribution in [-0.2, 0) is 20.3 Å². The van der Waals surface area contributed by atoms with Gasteiger partial charge in [0, 0.05) is 47.5 Å². The fourth-order valence-corrected chi connectivity index (χ4v) is 4.35. The highest BCUT2D eigenvalue weighted by Crippen LogP contribution is 2.19. The lowest BCUT2D eigenvalue weighted by molar-refractivity contribution is 0.128. The van der Waals surface area contributed by atoms with Crippen LogP contribution in [0.2, 0.25) is 0 Å². The van der Waals surface area contributed by atoms with Crippen molar-refractivity contribution in [3.05, 3.63) is 0 Å². The SMILES string of the molecule is CCNC(CS(=O)CC1CCCO1)C1CCOC1. The van der Waals surface area contributed by atoms with Crippen molar-refractivity contribution in [1.82, 2.24) is 5.32 Å². The number of hydrogen-bond donors (Lipinski definition) is 1. The predicted octanol–water partition coefficient (Wildman–Crippen LogP) is 0.929. The van der Waals surface area contributed by atoms with Crippen LogP contribution in [0.1, 0.15) is 26.2 Å². The summed E-state index contributed by atoms with van der Waals surface area (Å²) in [5, 5.41) is 3.47. The maximum Gasteiger partial charge on any atom is 0.0691 e. The Hall–Kier alpha value is 0.0300. The van der Waals surface area contributed by atoms with E-state index in [-0.39, 0.29) is 6.10 Å². The van der Waals surface area contributed by atoms with Crippen LogP contribution < -0.4 is 5.32 Å². The molecule has 0 amide bonds. The molecule has 0 aromatic heterocycles. The van der Waals surface area contributed by atoms with E-state index in [1.807, 2.05) is 0 Å². The van der Waals surface area contributed by atoms with E-state index in [4.69, 9.17) is 9.47 Å². The second-order valence-electron chi connectivity index (χ2n) is 5.20. The number of rotatable bonds is 7. The van der Waals surface area contributed by atoms with Crippen LogP contribution in [0, 0.1) is 5.92 Å². The minimum absolute atomic E-state index is 0.230. The lowest BCUT2D eigenvalue weighted by Gasteiger charge is -2.23. The Morgan fingerprint density at radius 3 is 2.89 bits per heavy atom. The Morgan fingerprint density at radius 1 is 1.39 bits per heavy atom. The van der Waals surface area contributed by atoms with Crippen LogP contribution in [0.5, 0.6) is 0 Å². The smallest absolute Gasteiger partial charge is 0.0691 e. The first-order valence-corrected chi connectivity index (χ1v) is 8.56. The van der Waals surface area contributed by atoms with Crippen molar-refractivity contribution < 1.29 is 13.7 Å². The first-order valence-electron chi connectivity index (χ1n) is 7.07. The van der Waals surface area contributed by atoms with Gasteiger partial charge in [-0.1, -0.05) is 6.92 Å². The summed E-state index contributed by atoms with van der Waals surface area (Å²) in [5.74, 6) is 1.97. The molecule has 4 nitrogen and oxygen atoms in total. The van der Waals surface area contributed by atoms with Crippen LogP contribution in [0.4, 0.5) is 0 Å². The van der Waals surface area contributed by atoms with Crippen molar-refractivity contribution in [1.29, 1.82) is 0 Å². The molecule has 0 aromatic rings. The van der Waals surface area contributed by atoms with Crippen LogP contribution >= 0.6 is 0 Å². The van der Waals surface area contributed by atoms with Crippen molar-refractivity contribution in [2.75, 3.05) is 37.9 Å². The Labute approximate surface area is 112 Å². The fourth-order valence-electron chi connectivity index (χ4n) is 2.75. The van der Waals surface area contributed by atoms with Crippen molar-refractivity contribution in [3.8, 4) is 0 Å². The lowest BCUT2D eigenvalue weighted by atomic mass is 10.0. The summed E-state index contributed by atoms with van der Waals surface area (Å²) in [6.07, 6.45) is 3.52. The quantitative estimate of drug-likeness (QED) is 0.751. The monoisotopic (exact) mass is 275 g/mol. The van der Waals surface area contributed by atoms with Crippen molar-refractivity contribution >= 4 is 10.8 Å². The Morgan fingerprint density at radius 2 is 2.28 bits per heavy atom. The summed E-state index contributed by atoms with van der Waals surface area (Å²) >= 11 is 0. The van der Waals surface area contributed by atoms with E-state index in [2.05, 4.69) is 12.2 Å². The molecule has 0 bridgehead atoms. The molecule has 2 fully saturated rings. The Bertz CT molecular complexity index is 263. The molecule has 2 aliphatic rings. The third-order valence-corrected chi connectivity index (χ3v) is 5.24. The molecule has 0 aromatic carbocycles. The molecule has 5 heteroatoms. The van der Waals surface area contributed by atoms with E-state index in [1.165, 1.54) is 0 Å². The second kappa shape index (κ2) is 7.58. The molecule has 0 spiro atoms. The molecule has 18 heavy (non-hydrogen) atoms. The lowest BCUT2D eigenvalue weighted by Crippen LogP contribution is -2.41. The summed E-state index contributed by atoms with van der Waals surface area (Å²) in [4.78, 5) is 0. The minimum Gasteiger partial charge on any atom is -0.381 e. The van der Waals surface area contributed by atoms with Crippen molar-refractivity contribution in [2.45, 2.75) is 38.3 Å². The first-order chi connectivity index (χ1) is 8.79. The van der Waals surface area contributed by atoms with E-state index in [0.717, 1.165) is 51.4 Å². The second-order valence-corrected chi connectivity index (χ2v) is 6.74. The predicted molar refractivity (Wildman–Crippen MR) is 73.2 cm³/mol. The number of hydrogen-bond acceptors (Lipinski definition) is 4. The summed E-state index contributed by atoms with van der Waals surface area (Å²) < 4.78 is 23.2. The van der Waals surface area contributed by atoms with Gasteiger partial charge in [-0.15, -0.1) is 0 Å². The molecular formula is C13H25NO3S. The van der Waals surface area contributed by atoms with Gasteiger partial charge >= 0.3 is 0 Å². The molecule has 4 atom stereocenters. The van der Waals surface area contributed by atoms with Crippen LogP contribution in [0.3, 0.4) is 0 Å². The summed E-state index contributed by atoms with van der Waals surface area (Å²) in [6, 6.07) is 0.333. The first kappa shape index (κ1) is 14.4. The van der Waals surface area contributed by atoms with E-state index < -0.39 is 10.8 Å². The Kier molecular flexibility index (Phi) is 6.08. The molecule has 1 N–H and O–H groups in total. The van der Waals surface area contributed by atoms with Gasteiger partial charge in [0.15, 0.2) is 0 Å². The average molecular weight is 275 g/mol. The zero-order valence-electron chi connectivity index (χ0n) is 11.2. The van der Waals surface area contributed by atoms with Gasteiger partial charge in [-0.3, -0.25) is 4.21 Å². The van der Waals surface area contributed by atoms with Gasteiger partial charge in [0.1, 0.15) is 0 Å². The zero-order chi connectivity index (χ0) is 12.8. The van der Waals surface area contributed by atoms with Gasteiger partial charge in [0.05, 0.1) is 12.7 Å². The van der Waals surface area contributed by atoms with Crippen molar-refractivity contribution in [2.24, 2.45) is 5.92 Å².